The Bertz CT molecular complexity index is 514. The van der Waals surface area contributed by atoms with Crippen LogP contribution in [0.3, 0.4) is 0 Å². The summed E-state index contributed by atoms with van der Waals surface area (Å²) in [4.78, 5) is 5.20. The van der Waals surface area contributed by atoms with E-state index < -0.39 is 0 Å². The molecule has 20 heavy (non-hydrogen) atoms. The monoisotopic (exact) mass is 288 g/mol. The van der Waals surface area contributed by atoms with Gasteiger partial charge in [0.15, 0.2) is 0 Å². The van der Waals surface area contributed by atoms with Crippen LogP contribution < -0.4 is 10.5 Å². The molecule has 0 saturated carbocycles. The zero-order chi connectivity index (χ0) is 14.4. The quantitative estimate of drug-likeness (QED) is 0.824. The van der Waals surface area contributed by atoms with Gasteiger partial charge in [-0.05, 0) is 43.7 Å². The van der Waals surface area contributed by atoms with Crippen LogP contribution in [0.1, 0.15) is 25.5 Å². The van der Waals surface area contributed by atoms with Crippen molar-refractivity contribution in [2.45, 2.75) is 30.9 Å². The van der Waals surface area contributed by atoms with Crippen LogP contribution in [-0.4, -0.2) is 16.8 Å². The number of rotatable bonds is 6. The van der Waals surface area contributed by atoms with Crippen molar-refractivity contribution in [1.82, 2.24) is 4.98 Å². The first-order chi connectivity index (χ1) is 9.65. The molecular weight excluding hydrogens is 268 g/mol. The van der Waals surface area contributed by atoms with Crippen molar-refractivity contribution in [3.8, 4) is 5.75 Å². The average molecular weight is 288 g/mol. The largest absolute Gasteiger partial charge is 0.491 e. The Kier molecular flexibility index (Phi) is 5.44. The highest BCUT2D eigenvalue weighted by Crippen LogP contribution is 2.24. The zero-order valence-corrected chi connectivity index (χ0v) is 12.6. The zero-order valence-electron chi connectivity index (χ0n) is 11.8. The first-order valence-corrected chi connectivity index (χ1v) is 7.68. The van der Waals surface area contributed by atoms with Crippen LogP contribution in [0.25, 0.3) is 0 Å². The fraction of sp³-hybridized carbons (Fsp3) is 0.312. The second-order valence-electron chi connectivity index (χ2n) is 4.84. The minimum absolute atomic E-state index is 0.0151. The normalized spacial score (nSPS) is 12.4. The molecule has 0 fully saturated rings. The third-order valence-electron chi connectivity index (χ3n) is 2.76. The lowest BCUT2D eigenvalue weighted by Crippen LogP contribution is -2.13. The van der Waals surface area contributed by atoms with Gasteiger partial charge in [-0.15, -0.1) is 11.8 Å². The molecule has 1 aromatic heterocycles. The van der Waals surface area contributed by atoms with Crippen LogP contribution in [0.4, 0.5) is 0 Å². The summed E-state index contributed by atoms with van der Waals surface area (Å²) in [5.74, 6) is 1.73. The number of benzene rings is 1. The molecule has 1 atom stereocenters. The van der Waals surface area contributed by atoms with E-state index in [1.807, 2.05) is 50.2 Å². The maximum absolute atomic E-state index is 6.22. The first-order valence-electron chi connectivity index (χ1n) is 6.70. The van der Waals surface area contributed by atoms with Gasteiger partial charge in [0.1, 0.15) is 5.75 Å². The Morgan fingerprint density at radius 2 is 1.75 bits per heavy atom. The second kappa shape index (κ2) is 7.31. The molecule has 1 heterocycles. The Labute approximate surface area is 124 Å². The molecule has 0 spiro atoms. The molecule has 1 unspecified atom stereocenters. The molecule has 2 N–H and O–H groups in total. The molecule has 0 bridgehead atoms. The van der Waals surface area contributed by atoms with E-state index in [2.05, 4.69) is 4.98 Å². The van der Waals surface area contributed by atoms with Crippen LogP contribution in [0, 0.1) is 0 Å². The Morgan fingerprint density at radius 3 is 2.35 bits per heavy atom. The van der Waals surface area contributed by atoms with Crippen LogP contribution in [0.5, 0.6) is 5.75 Å². The molecule has 0 aliphatic carbocycles. The van der Waals surface area contributed by atoms with Gasteiger partial charge in [0, 0.05) is 29.1 Å². The summed E-state index contributed by atoms with van der Waals surface area (Å²) in [6.07, 6.45) is 3.79. The van der Waals surface area contributed by atoms with Gasteiger partial charge in [-0.2, -0.15) is 0 Å². The van der Waals surface area contributed by atoms with Gasteiger partial charge in [0.25, 0.3) is 0 Å². The summed E-state index contributed by atoms with van der Waals surface area (Å²) < 4.78 is 5.63. The van der Waals surface area contributed by atoms with Crippen molar-refractivity contribution in [3.05, 3.63) is 54.4 Å². The van der Waals surface area contributed by atoms with Gasteiger partial charge < -0.3 is 10.5 Å². The maximum Gasteiger partial charge on any atom is 0.119 e. The molecule has 4 heteroatoms. The fourth-order valence-corrected chi connectivity index (χ4v) is 2.66. The first kappa shape index (κ1) is 14.9. The summed E-state index contributed by atoms with van der Waals surface area (Å²) in [6.45, 7) is 4.04. The summed E-state index contributed by atoms with van der Waals surface area (Å²) >= 11 is 1.74. The average Bonchev–Trinajstić information content (AvgIpc) is 2.46. The number of pyridine rings is 1. The highest BCUT2D eigenvalue weighted by atomic mass is 32.2. The van der Waals surface area contributed by atoms with Crippen molar-refractivity contribution in [2.75, 3.05) is 5.75 Å². The van der Waals surface area contributed by atoms with E-state index in [4.69, 9.17) is 10.5 Å². The van der Waals surface area contributed by atoms with Gasteiger partial charge in [-0.3, -0.25) is 4.98 Å². The van der Waals surface area contributed by atoms with E-state index >= 15 is 0 Å². The predicted octanol–water partition coefficient (Wildman–Crippen LogP) is 3.66. The number of thioether (sulfide) groups is 1. The van der Waals surface area contributed by atoms with Gasteiger partial charge in [0.2, 0.25) is 0 Å². The number of hydrogen-bond acceptors (Lipinski definition) is 4. The van der Waals surface area contributed by atoms with Crippen LogP contribution in [0.15, 0.2) is 53.7 Å². The van der Waals surface area contributed by atoms with E-state index in [0.717, 1.165) is 17.1 Å². The summed E-state index contributed by atoms with van der Waals surface area (Å²) in [7, 11) is 0. The van der Waals surface area contributed by atoms with Crippen molar-refractivity contribution < 1.29 is 4.74 Å². The molecular formula is C16H20N2OS. The molecule has 0 radical (unpaired) electrons. The van der Waals surface area contributed by atoms with Crippen LogP contribution >= 0.6 is 11.8 Å². The van der Waals surface area contributed by atoms with E-state index in [1.54, 1.807) is 24.2 Å². The lowest BCUT2D eigenvalue weighted by atomic mass is 10.1. The van der Waals surface area contributed by atoms with Gasteiger partial charge in [-0.1, -0.05) is 12.1 Å². The molecule has 2 aromatic rings. The Morgan fingerprint density at radius 1 is 1.10 bits per heavy atom. The molecule has 0 aliphatic rings. The van der Waals surface area contributed by atoms with Crippen molar-refractivity contribution in [3.63, 3.8) is 0 Å². The second-order valence-corrected chi connectivity index (χ2v) is 5.93. The molecule has 1 aromatic carbocycles. The standard InChI is InChI=1S/C16H20N2OS/c1-12(2)19-14-5-3-13(4-6-14)16(17)11-20-15-7-9-18-10-8-15/h3-10,12,16H,11,17H2,1-2H3. The molecule has 3 nitrogen and oxygen atoms in total. The van der Waals surface area contributed by atoms with Gasteiger partial charge >= 0.3 is 0 Å². The number of nitrogens with zero attached hydrogens (tertiary/aromatic N) is 1. The smallest absolute Gasteiger partial charge is 0.119 e. The minimum atomic E-state index is 0.0151. The number of nitrogens with two attached hydrogens (primary N) is 1. The molecule has 2 rings (SSSR count). The molecule has 0 saturated heterocycles. The van der Waals surface area contributed by atoms with E-state index in [-0.39, 0.29) is 12.1 Å². The highest BCUT2D eigenvalue weighted by molar-refractivity contribution is 7.99. The van der Waals surface area contributed by atoms with E-state index in [1.165, 1.54) is 4.90 Å². The third-order valence-corrected chi connectivity index (χ3v) is 3.89. The third kappa shape index (κ3) is 4.54. The molecule has 106 valence electrons. The van der Waals surface area contributed by atoms with Crippen LogP contribution in [-0.2, 0) is 0 Å². The topological polar surface area (TPSA) is 48.1 Å². The molecule has 0 amide bonds. The fourth-order valence-electron chi connectivity index (χ4n) is 1.78. The van der Waals surface area contributed by atoms with Gasteiger partial charge in [-0.25, -0.2) is 0 Å². The van der Waals surface area contributed by atoms with Crippen LogP contribution in [0.2, 0.25) is 0 Å². The van der Waals surface area contributed by atoms with Crippen molar-refractivity contribution in [2.24, 2.45) is 5.73 Å². The van der Waals surface area contributed by atoms with E-state index in [0.29, 0.717) is 0 Å². The highest BCUT2D eigenvalue weighted by Gasteiger charge is 2.07. The Balaban J connectivity index is 1.90. The number of ether oxygens (including phenoxy) is 1. The summed E-state index contributed by atoms with van der Waals surface area (Å²) in [5, 5.41) is 0. The Hall–Kier alpha value is -1.52. The summed E-state index contributed by atoms with van der Waals surface area (Å²) in [6, 6.07) is 12.0. The van der Waals surface area contributed by atoms with E-state index in [9.17, 15) is 0 Å². The lowest BCUT2D eigenvalue weighted by molar-refractivity contribution is 0.242. The SMILES string of the molecule is CC(C)Oc1ccc(C(N)CSc2ccncc2)cc1. The summed E-state index contributed by atoms with van der Waals surface area (Å²) in [5.41, 5.74) is 7.34. The maximum atomic E-state index is 6.22. The number of hydrogen-bond donors (Lipinski definition) is 1. The van der Waals surface area contributed by atoms with Gasteiger partial charge in [0.05, 0.1) is 6.10 Å². The molecule has 0 aliphatic heterocycles. The van der Waals surface area contributed by atoms with Crippen molar-refractivity contribution >= 4 is 11.8 Å². The minimum Gasteiger partial charge on any atom is -0.491 e. The van der Waals surface area contributed by atoms with Crippen molar-refractivity contribution in [1.29, 1.82) is 0 Å². The lowest BCUT2D eigenvalue weighted by Gasteiger charge is -2.14. The predicted molar refractivity (Wildman–Crippen MR) is 84.1 cm³/mol. The number of aromatic nitrogens is 1.